The third kappa shape index (κ3) is 4.74. The van der Waals surface area contributed by atoms with Crippen LogP contribution in [0, 0.1) is 6.92 Å². The first-order valence-corrected chi connectivity index (χ1v) is 9.94. The Labute approximate surface area is 174 Å². The zero-order valence-corrected chi connectivity index (χ0v) is 17.3. The summed E-state index contributed by atoms with van der Waals surface area (Å²) < 4.78 is 6.92. The normalized spacial score (nSPS) is 11.8. The third-order valence-corrected chi connectivity index (χ3v) is 4.87. The number of nitrogens with zero attached hydrogens (tertiary/aromatic N) is 2. The number of amides is 1. The maximum Gasteiger partial charge on any atom is 0.338 e. The van der Waals surface area contributed by atoms with Gasteiger partial charge in [0.05, 0.1) is 16.6 Å². The van der Waals surface area contributed by atoms with E-state index in [4.69, 9.17) is 4.74 Å². The number of fused-ring (bicyclic) bond motifs is 1. The van der Waals surface area contributed by atoms with E-state index in [-0.39, 0.29) is 17.0 Å². The van der Waals surface area contributed by atoms with Gasteiger partial charge in [-0.3, -0.25) is 9.59 Å². The van der Waals surface area contributed by atoms with E-state index in [1.807, 2.05) is 37.3 Å². The highest BCUT2D eigenvalue weighted by Gasteiger charge is 2.19. The van der Waals surface area contributed by atoms with Crippen molar-refractivity contribution in [2.75, 3.05) is 6.54 Å². The maximum absolute atomic E-state index is 12.5. The number of nitrogens with one attached hydrogen (secondary N) is 1. The quantitative estimate of drug-likeness (QED) is 0.608. The second-order valence-corrected chi connectivity index (χ2v) is 7.02. The van der Waals surface area contributed by atoms with Crippen molar-refractivity contribution in [3.8, 4) is 0 Å². The second kappa shape index (κ2) is 9.35. The fourth-order valence-corrected chi connectivity index (χ4v) is 3.22. The zero-order valence-electron chi connectivity index (χ0n) is 17.3. The van der Waals surface area contributed by atoms with E-state index in [9.17, 15) is 14.4 Å². The van der Waals surface area contributed by atoms with Crippen LogP contribution < -0.4 is 10.9 Å². The molecule has 7 nitrogen and oxygen atoms in total. The first kappa shape index (κ1) is 21.2. The van der Waals surface area contributed by atoms with E-state index in [0.29, 0.717) is 36.2 Å². The molecule has 0 aliphatic rings. The molecular formula is C23H25N3O4. The van der Waals surface area contributed by atoms with Gasteiger partial charge in [0.25, 0.3) is 11.5 Å². The van der Waals surface area contributed by atoms with Crippen LogP contribution in [0.25, 0.3) is 11.0 Å². The predicted octanol–water partition coefficient (Wildman–Crippen LogP) is 2.63. The highest BCUT2D eigenvalue weighted by molar-refractivity contribution is 5.95. The lowest BCUT2D eigenvalue weighted by Gasteiger charge is -2.14. The highest BCUT2D eigenvalue weighted by atomic mass is 16.5. The largest absolute Gasteiger partial charge is 0.449 e. The van der Waals surface area contributed by atoms with Crippen LogP contribution in [-0.4, -0.2) is 34.1 Å². The summed E-state index contributed by atoms with van der Waals surface area (Å²) in [4.78, 5) is 41.2. The number of rotatable bonds is 7. The van der Waals surface area contributed by atoms with Crippen LogP contribution in [0.2, 0.25) is 0 Å². The van der Waals surface area contributed by atoms with Gasteiger partial charge in [-0.1, -0.05) is 30.3 Å². The highest BCUT2D eigenvalue weighted by Crippen LogP contribution is 2.15. The molecule has 30 heavy (non-hydrogen) atoms. The van der Waals surface area contributed by atoms with Gasteiger partial charge in [-0.25, -0.2) is 9.78 Å². The molecule has 0 spiro atoms. The Morgan fingerprint density at radius 3 is 2.60 bits per heavy atom. The van der Waals surface area contributed by atoms with E-state index in [1.165, 1.54) is 6.92 Å². The number of esters is 1. The molecule has 1 N–H and O–H groups in total. The molecule has 156 valence electrons. The van der Waals surface area contributed by atoms with Crippen molar-refractivity contribution in [2.24, 2.45) is 0 Å². The van der Waals surface area contributed by atoms with Crippen LogP contribution in [0.1, 0.15) is 35.5 Å². The zero-order chi connectivity index (χ0) is 21.7. The van der Waals surface area contributed by atoms with Crippen LogP contribution in [-0.2, 0) is 22.5 Å². The number of carbonyl (C=O) groups is 2. The second-order valence-electron chi connectivity index (χ2n) is 7.02. The average molecular weight is 407 g/mol. The standard InChI is InChI=1S/C23H25N3O4/c1-4-26-20-11-10-18(14-19(20)25-15(2)22(26)28)23(29)30-16(3)21(27)24-13-12-17-8-6-5-7-9-17/h5-11,14,16H,4,12-13H2,1-3H3,(H,24,27)/t16-/m1/s1. The lowest BCUT2D eigenvalue weighted by Crippen LogP contribution is -2.36. The molecule has 0 bridgehead atoms. The number of hydrogen-bond donors (Lipinski definition) is 1. The van der Waals surface area contributed by atoms with Crippen LogP contribution in [0.3, 0.4) is 0 Å². The molecule has 1 amide bonds. The monoisotopic (exact) mass is 407 g/mol. The Bertz CT molecular complexity index is 1120. The summed E-state index contributed by atoms with van der Waals surface area (Å²) in [6, 6.07) is 14.6. The molecule has 3 aromatic rings. The molecule has 2 aromatic carbocycles. The van der Waals surface area contributed by atoms with Gasteiger partial charge in [-0.05, 0) is 51.0 Å². The van der Waals surface area contributed by atoms with Gasteiger partial charge in [-0.15, -0.1) is 0 Å². The van der Waals surface area contributed by atoms with Crippen molar-refractivity contribution < 1.29 is 14.3 Å². The smallest absolute Gasteiger partial charge is 0.338 e. The number of carbonyl (C=O) groups excluding carboxylic acids is 2. The van der Waals surface area contributed by atoms with Crippen LogP contribution in [0.5, 0.6) is 0 Å². The fraction of sp³-hybridized carbons (Fsp3) is 0.304. The summed E-state index contributed by atoms with van der Waals surface area (Å²) in [5, 5.41) is 2.78. The van der Waals surface area contributed by atoms with Gasteiger partial charge >= 0.3 is 5.97 Å². The van der Waals surface area contributed by atoms with E-state index < -0.39 is 12.1 Å². The Balaban J connectivity index is 1.64. The topological polar surface area (TPSA) is 90.3 Å². The molecule has 3 rings (SSSR count). The SMILES string of the molecule is CCn1c(=O)c(C)nc2cc(C(=O)O[C@H](C)C(=O)NCCc3ccccc3)ccc21. The lowest BCUT2D eigenvalue weighted by molar-refractivity contribution is -0.129. The van der Waals surface area contributed by atoms with Gasteiger partial charge in [-0.2, -0.15) is 0 Å². The number of aromatic nitrogens is 2. The van der Waals surface area contributed by atoms with Gasteiger partial charge in [0.2, 0.25) is 0 Å². The Morgan fingerprint density at radius 2 is 1.90 bits per heavy atom. The van der Waals surface area contributed by atoms with Crippen molar-refractivity contribution in [1.29, 1.82) is 0 Å². The molecule has 0 aliphatic heterocycles. The minimum absolute atomic E-state index is 0.152. The molecule has 0 saturated carbocycles. The number of benzene rings is 2. The van der Waals surface area contributed by atoms with E-state index in [1.54, 1.807) is 29.7 Å². The molecule has 0 unspecified atom stereocenters. The molecule has 1 aromatic heterocycles. The van der Waals surface area contributed by atoms with E-state index >= 15 is 0 Å². The molecule has 0 saturated heterocycles. The van der Waals surface area contributed by atoms with Gasteiger partial charge in [0, 0.05) is 13.1 Å². The lowest BCUT2D eigenvalue weighted by atomic mass is 10.1. The van der Waals surface area contributed by atoms with Crippen LogP contribution >= 0.6 is 0 Å². The van der Waals surface area contributed by atoms with E-state index in [0.717, 1.165) is 5.56 Å². The summed E-state index contributed by atoms with van der Waals surface area (Å²) in [5.74, 6) is -0.967. The number of aryl methyl sites for hydroxylation is 2. The van der Waals surface area contributed by atoms with Crippen molar-refractivity contribution in [3.05, 3.63) is 75.7 Å². The maximum atomic E-state index is 12.5. The summed E-state index contributed by atoms with van der Waals surface area (Å²) in [5.41, 5.74) is 2.79. The van der Waals surface area contributed by atoms with E-state index in [2.05, 4.69) is 10.3 Å². The Kier molecular flexibility index (Phi) is 6.61. The number of ether oxygens (including phenoxy) is 1. The molecule has 0 radical (unpaired) electrons. The van der Waals surface area contributed by atoms with Crippen LogP contribution in [0.4, 0.5) is 0 Å². The van der Waals surface area contributed by atoms with Crippen molar-refractivity contribution >= 4 is 22.9 Å². The summed E-state index contributed by atoms with van der Waals surface area (Å²) >= 11 is 0. The molecular weight excluding hydrogens is 382 g/mol. The predicted molar refractivity (Wildman–Crippen MR) is 114 cm³/mol. The van der Waals surface area contributed by atoms with Gasteiger partial charge < -0.3 is 14.6 Å². The Hall–Kier alpha value is -3.48. The first-order valence-electron chi connectivity index (χ1n) is 9.94. The molecule has 7 heteroatoms. The minimum atomic E-state index is -0.928. The minimum Gasteiger partial charge on any atom is -0.449 e. The molecule has 0 fully saturated rings. The number of hydrogen-bond acceptors (Lipinski definition) is 5. The van der Waals surface area contributed by atoms with Gasteiger partial charge in [0.15, 0.2) is 6.10 Å². The summed E-state index contributed by atoms with van der Waals surface area (Å²) in [6.07, 6.45) is -0.231. The van der Waals surface area contributed by atoms with Crippen molar-refractivity contribution in [2.45, 2.75) is 39.8 Å². The first-order chi connectivity index (χ1) is 14.4. The fourth-order valence-electron chi connectivity index (χ4n) is 3.22. The Morgan fingerprint density at radius 1 is 1.17 bits per heavy atom. The summed E-state index contributed by atoms with van der Waals surface area (Å²) in [6.45, 7) is 6.01. The third-order valence-electron chi connectivity index (χ3n) is 4.87. The van der Waals surface area contributed by atoms with Crippen molar-refractivity contribution in [1.82, 2.24) is 14.9 Å². The van der Waals surface area contributed by atoms with Crippen LogP contribution in [0.15, 0.2) is 53.3 Å². The summed E-state index contributed by atoms with van der Waals surface area (Å²) in [7, 11) is 0. The van der Waals surface area contributed by atoms with Crippen molar-refractivity contribution in [3.63, 3.8) is 0 Å². The molecule has 1 heterocycles. The van der Waals surface area contributed by atoms with Gasteiger partial charge in [0.1, 0.15) is 5.69 Å². The molecule has 1 atom stereocenters. The molecule has 0 aliphatic carbocycles. The average Bonchev–Trinajstić information content (AvgIpc) is 2.75.